The second-order valence-corrected chi connectivity index (χ2v) is 8.23. The molecular weight excluding hydrogens is 350 g/mol. The highest BCUT2D eigenvalue weighted by atomic mass is 16.3. The number of aryl methyl sites for hydroxylation is 1. The fourth-order valence-corrected chi connectivity index (χ4v) is 3.76. The maximum absolute atomic E-state index is 12.3. The number of hydrogen-bond donors (Lipinski definition) is 3. The van der Waals surface area contributed by atoms with Crippen molar-refractivity contribution in [1.29, 1.82) is 0 Å². The third-order valence-electron chi connectivity index (χ3n) is 5.61. The highest BCUT2D eigenvalue weighted by Crippen LogP contribution is 2.19. The Bertz CT molecular complexity index is 551. The van der Waals surface area contributed by atoms with Gasteiger partial charge in [0.15, 0.2) is 0 Å². The van der Waals surface area contributed by atoms with Gasteiger partial charge in [-0.25, -0.2) is 9.36 Å². The summed E-state index contributed by atoms with van der Waals surface area (Å²) in [5, 5.41) is 13.8. The summed E-state index contributed by atoms with van der Waals surface area (Å²) in [4.78, 5) is 15.1. The molecule has 0 bridgehead atoms. The lowest BCUT2D eigenvalue weighted by atomic mass is 10.1. The van der Waals surface area contributed by atoms with Gasteiger partial charge < -0.3 is 10.1 Å². The molecule has 0 aromatic carbocycles. The number of aromatic hydroxyl groups is 1. The van der Waals surface area contributed by atoms with Crippen molar-refractivity contribution in [2.24, 2.45) is 0 Å². The molecule has 5 nitrogen and oxygen atoms in total. The first kappa shape index (κ1) is 24.8. The summed E-state index contributed by atoms with van der Waals surface area (Å²) < 4.78 is 1.46. The summed E-state index contributed by atoms with van der Waals surface area (Å²) >= 11 is 0. The van der Waals surface area contributed by atoms with Crippen LogP contribution in [0.25, 0.3) is 0 Å². The van der Waals surface area contributed by atoms with E-state index in [-0.39, 0.29) is 17.7 Å². The molecule has 164 valence electrons. The van der Waals surface area contributed by atoms with Gasteiger partial charge in [-0.05, 0) is 32.7 Å². The highest BCUT2D eigenvalue weighted by Gasteiger charge is 2.17. The Morgan fingerprint density at radius 1 is 0.857 bits per heavy atom. The van der Waals surface area contributed by atoms with E-state index in [0.717, 1.165) is 32.2 Å². The largest absolute Gasteiger partial charge is 0.493 e. The number of unbranched alkanes of at least 4 members (excludes halogenated alkanes) is 12. The molecule has 0 saturated heterocycles. The van der Waals surface area contributed by atoms with Crippen molar-refractivity contribution in [1.82, 2.24) is 14.9 Å². The van der Waals surface area contributed by atoms with Crippen molar-refractivity contribution < 1.29 is 5.11 Å². The first-order valence-corrected chi connectivity index (χ1v) is 11.9. The van der Waals surface area contributed by atoms with E-state index >= 15 is 0 Å². The Kier molecular flexibility index (Phi) is 13.9. The molecule has 0 aliphatic heterocycles. The maximum Gasteiger partial charge on any atom is 0.329 e. The second kappa shape index (κ2) is 15.7. The van der Waals surface area contributed by atoms with Crippen LogP contribution >= 0.6 is 0 Å². The summed E-state index contributed by atoms with van der Waals surface area (Å²) in [7, 11) is 0. The number of hydrogen-bond acceptors (Lipinski definition) is 3. The zero-order valence-electron chi connectivity index (χ0n) is 18.7. The molecule has 0 fully saturated rings. The van der Waals surface area contributed by atoms with Crippen LogP contribution in [0.15, 0.2) is 4.79 Å². The molecule has 1 aromatic heterocycles. The topological polar surface area (TPSA) is 70.0 Å². The lowest BCUT2D eigenvalue weighted by Gasteiger charge is -2.15. The lowest BCUT2D eigenvalue weighted by Crippen LogP contribution is -2.31. The molecule has 0 saturated carbocycles. The normalized spacial score (nSPS) is 12.5. The smallest absolute Gasteiger partial charge is 0.329 e. The molecule has 0 aliphatic rings. The first-order chi connectivity index (χ1) is 13.6. The van der Waals surface area contributed by atoms with E-state index in [1.807, 2.05) is 6.92 Å². The van der Waals surface area contributed by atoms with Gasteiger partial charge in [0.05, 0.1) is 11.9 Å². The van der Waals surface area contributed by atoms with Gasteiger partial charge in [0, 0.05) is 0 Å². The van der Waals surface area contributed by atoms with Gasteiger partial charge in [0.1, 0.15) is 0 Å². The first-order valence-electron chi connectivity index (χ1n) is 11.9. The van der Waals surface area contributed by atoms with Crippen LogP contribution in [0.4, 0.5) is 0 Å². The minimum atomic E-state index is -0.213. The summed E-state index contributed by atoms with van der Waals surface area (Å²) in [5.74, 6) is 0.107. The van der Waals surface area contributed by atoms with E-state index in [4.69, 9.17) is 0 Å². The Morgan fingerprint density at radius 2 is 1.36 bits per heavy atom. The number of nitrogens with one attached hydrogen (secondary N) is 2. The van der Waals surface area contributed by atoms with Gasteiger partial charge in [-0.15, -0.1) is 0 Å². The Hall–Kier alpha value is -1.23. The van der Waals surface area contributed by atoms with Crippen LogP contribution in [0.2, 0.25) is 0 Å². The molecule has 28 heavy (non-hydrogen) atoms. The molecule has 1 atom stereocenters. The van der Waals surface area contributed by atoms with Crippen LogP contribution in [-0.4, -0.2) is 21.2 Å². The fraction of sp³-hybridized carbons (Fsp3) is 0.870. The van der Waals surface area contributed by atoms with Crippen molar-refractivity contribution in [3.63, 3.8) is 0 Å². The predicted molar refractivity (Wildman–Crippen MR) is 119 cm³/mol. The fourth-order valence-electron chi connectivity index (χ4n) is 3.76. The van der Waals surface area contributed by atoms with Crippen LogP contribution in [0, 0.1) is 0 Å². The van der Waals surface area contributed by atoms with E-state index in [2.05, 4.69) is 24.1 Å². The Balaban J connectivity index is 2.28. The van der Waals surface area contributed by atoms with E-state index in [1.165, 1.54) is 75.2 Å². The van der Waals surface area contributed by atoms with Gasteiger partial charge in [-0.1, -0.05) is 90.9 Å². The summed E-state index contributed by atoms with van der Waals surface area (Å²) in [6.07, 6.45) is 18.1. The van der Waals surface area contributed by atoms with Gasteiger partial charge in [-0.2, -0.15) is 0 Å². The number of nitrogens with zero attached hydrogens (tertiary/aromatic N) is 1. The van der Waals surface area contributed by atoms with E-state index in [9.17, 15) is 9.90 Å². The van der Waals surface area contributed by atoms with Crippen molar-refractivity contribution in [3.8, 4) is 5.88 Å². The summed E-state index contributed by atoms with van der Waals surface area (Å²) in [6, 6.07) is 0. The number of aromatic amines is 1. The molecule has 0 amide bonds. The number of H-pyrrole nitrogens is 1. The Morgan fingerprint density at radius 3 is 1.93 bits per heavy atom. The number of aromatic nitrogens is 2. The van der Waals surface area contributed by atoms with Gasteiger partial charge in [0.2, 0.25) is 5.88 Å². The molecule has 1 aromatic rings. The summed E-state index contributed by atoms with van der Waals surface area (Å²) in [6.45, 7) is 7.28. The van der Waals surface area contributed by atoms with Gasteiger partial charge in [0.25, 0.3) is 0 Å². The zero-order chi connectivity index (χ0) is 20.6. The molecule has 1 rings (SSSR count). The van der Waals surface area contributed by atoms with Crippen LogP contribution in [-0.2, 0) is 6.42 Å². The van der Waals surface area contributed by atoms with Crippen LogP contribution in [0.1, 0.15) is 123 Å². The van der Waals surface area contributed by atoms with Crippen LogP contribution < -0.4 is 11.0 Å². The van der Waals surface area contributed by atoms with Crippen LogP contribution in [0.3, 0.4) is 0 Å². The third kappa shape index (κ3) is 9.81. The predicted octanol–water partition coefficient (Wildman–Crippen LogP) is 6.03. The number of imidazole rings is 1. The van der Waals surface area contributed by atoms with Crippen molar-refractivity contribution in [2.45, 2.75) is 123 Å². The standard InChI is InChI=1S/C23H45N3O2/c1-4-6-8-10-12-13-14-16-18-21-22(27)26(23(28)25-21)20(3)24-19-17-15-11-9-7-5-2/h20,24,27H,4-19H2,1-3H3,(H,25,28). The molecule has 0 spiro atoms. The molecule has 1 heterocycles. The minimum Gasteiger partial charge on any atom is -0.493 e. The highest BCUT2D eigenvalue weighted by molar-refractivity contribution is 5.19. The van der Waals surface area contributed by atoms with Gasteiger partial charge >= 0.3 is 5.69 Å². The second-order valence-electron chi connectivity index (χ2n) is 8.23. The molecule has 5 heteroatoms. The lowest BCUT2D eigenvalue weighted by molar-refractivity contribution is 0.345. The average Bonchev–Trinajstić information content (AvgIpc) is 2.96. The van der Waals surface area contributed by atoms with Crippen LogP contribution in [0.5, 0.6) is 5.88 Å². The number of rotatable bonds is 18. The molecule has 0 aliphatic carbocycles. The average molecular weight is 396 g/mol. The third-order valence-corrected chi connectivity index (χ3v) is 5.61. The van der Waals surface area contributed by atoms with Gasteiger partial charge in [-0.3, -0.25) is 5.32 Å². The molecule has 1 unspecified atom stereocenters. The summed E-state index contributed by atoms with van der Waals surface area (Å²) in [5.41, 5.74) is 0.471. The molecule has 0 radical (unpaired) electrons. The zero-order valence-corrected chi connectivity index (χ0v) is 18.7. The minimum absolute atomic E-state index is 0.107. The van der Waals surface area contributed by atoms with E-state index < -0.39 is 0 Å². The molecule has 3 N–H and O–H groups in total. The monoisotopic (exact) mass is 395 g/mol. The van der Waals surface area contributed by atoms with Crippen molar-refractivity contribution in [3.05, 3.63) is 16.2 Å². The maximum atomic E-state index is 12.3. The molecular formula is C23H45N3O2. The van der Waals surface area contributed by atoms with Crippen molar-refractivity contribution >= 4 is 0 Å². The Labute approximate surface area is 172 Å². The SMILES string of the molecule is CCCCCCCCCCc1[nH]c(=O)n(C(C)NCCCCCCCC)c1O. The van der Waals surface area contributed by atoms with E-state index in [1.54, 1.807) is 0 Å². The quantitative estimate of drug-likeness (QED) is 0.266. The van der Waals surface area contributed by atoms with E-state index in [0.29, 0.717) is 5.69 Å². The van der Waals surface area contributed by atoms with Crippen molar-refractivity contribution in [2.75, 3.05) is 6.54 Å².